The number of hydrogen-bond acceptors (Lipinski definition) is 2. The second-order valence-electron chi connectivity index (χ2n) is 8.58. The van der Waals surface area contributed by atoms with Crippen molar-refractivity contribution in [1.29, 1.82) is 0 Å². The monoisotopic (exact) mass is 660 g/mol. The fourth-order valence-electron chi connectivity index (χ4n) is 4.47. The zero-order chi connectivity index (χ0) is 24.2. The summed E-state index contributed by atoms with van der Waals surface area (Å²) in [6.45, 7) is 2.15. The van der Waals surface area contributed by atoms with Crippen molar-refractivity contribution >= 4 is 46.3 Å². The van der Waals surface area contributed by atoms with E-state index in [9.17, 15) is 0 Å². The molecule has 1 radical (unpaired) electrons. The number of para-hydroxylation sites is 6. The fourth-order valence-corrected chi connectivity index (χ4v) is 4.47. The fraction of sp³-hybridized carbons (Fsp3) is 0. The molecule has 5 aromatic carbocycles. The summed E-state index contributed by atoms with van der Waals surface area (Å²) in [4.78, 5) is 4.45. The van der Waals surface area contributed by atoms with Crippen molar-refractivity contribution in [3.8, 4) is 0 Å². The molecule has 5 aromatic rings. The van der Waals surface area contributed by atoms with Gasteiger partial charge in [0.05, 0.1) is 0 Å². The number of hydrogen-bond donors (Lipinski definition) is 0. The third-order valence-electron chi connectivity index (χ3n) is 6.26. The molecule has 0 atom stereocenters. The number of rotatable bonds is 2. The van der Waals surface area contributed by atoms with Gasteiger partial charge in [-0.05, 0) is 47.5 Å². The maximum absolute atomic E-state index is 4.64. The molecule has 0 bridgehead atoms. The molecule has 2 aliphatic rings. The average Bonchev–Trinajstić information content (AvgIpc) is 3.24. The van der Waals surface area contributed by atoms with Gasteiger partial charge in [0.15, 0.2) is 0 Å². The van der Waals surface area contributed by atoms with Crippen LogP contribution in [0.15, 0.2) is 133 Å². The summed E-state index contributed by atoms with van der Waals surface area (Å²) in [6.07, 6.45) is 4.23. The van der Waals surface area contributed by atoms with E-state index < -0.39 is 0 Å². The third kappa shape index (κ3) is 5.25. The molecule has 0 saturated carbocycles. The molecule has 0 fully saturated rings. The molecule has 0 aromatic heterocycles. The van der Waals surface area contributed by atoms with E-state index in [1.54, 1.807) is 0 Å². The minimum absolute atomic E-state index is 0. The Bertz CT molecular complexity index is 1390. The van der Waals surface area contributed by atoms with Crippen LogP contribution >= 0.6 is 0 Å². The first-order valence-corrected chi connectivity index (χ1v) is 12.1. The van der Waals surface area contributed by atoms with Crippen LogP contribution in [-0.4, -0.2) is 0 Å². The molecule has 0 unspecified atom stereocenters. The second-order valence-corrected chi connectivity index (χ2v) is 8.58. The zero-order valence-electron chi connectivity index (χ0n) is 20.1. The first-order valence-electron chi connectivity index (χ1n) is 12.1. The molecule has 0 N–H and O–H groups in total. The molecule has 3 nitrogen and oxygen atoms in total. The van der Waals surface area contributed by atoms with Crippen LogP contribution < -0.4 is 9.80 Å². The third-order valence-corrected chi connectivity index (χ3v) is 6.26. The molecule has 0 saturated heterocycles. The largest absolute Gasteiger partial charge is 0.657 e. The van der Waals surface area contributed by atoms with E-state index in [0.717, 1.165) is 11.4 Å². The summed E-state index contributed by atoms with van der Waals surface area (Å²) in [5.74, 6) is 0. The Morgan fingerprint density at radius 2 is 0.811 bits per heavy atom. The molecule has 7 rings (SSSR count). The summed E-state index contributed by atoms with van der Waals surface area (Å²) in [5.41, 5.74) is 9.17. The summed E-state index contributed by atoms with van der Waals surface area (Å²) in [6, 6.07) is 45.7. The first kappa shape index (κ1) is 24.7. The van der Waals surface area contributed by atoms with E-state index in [-0.39, 0.29) is 22.4 Å². The summed E-state index contributed by atoms with van der Waals surface area (Å²) in [7, 11) is 0. The molecular formula is C33H25AuN3-2. The van der Waals surface area contributed by atoms with Gasteiger partial charge in [-0.3, -0.25) is 0 Å². The van der Waals surface area contributed by atoms with Crippen LogP contribution in [-0.2, 0) is 22.4 Å². The van der Waals surface area contributed by atoms with Gasteiger partial charge in [0.2, 0.25) is 0 Å². The molecule has 4 heteroatoms. The van der Waals surface area contributed by atoms with Crippen LogP contribution in [0.1, 0.15) is 11.1 Å². The van der Waals surface area contributed by atoms with Crippen molar-refractivity contribution in [2.75, 3.05) is 9.80 Å². The van der Waals surface area contributed by atoms with Crippen molar-refractivity contribution in [1.82, 2.24) is 0 Å². The second kappa shape index (κ2) is 11.4. The Hall–Kier alpha value is -4.02. The van der Waals surface area contributed by atoms with Crippen molar-refractivity contribution in [3.05, 3.63) is 157 Å². The van der Waals surface area contributed by atoms with Crippen LogP contribution in [0.25, 0.3) is 17.5 Å². The minimum atomic E-state index is 0. The molecular weight excluding hydrogens is 635 g/mol. The quantitative estimate of drug-likeness (QED) is 0.136. The van der Waals surface area contributed by atoms with Gasteiger partial charge in [0.25, 0.3) is 0 Å². The smallest absolute Gasteiger partial charge is 0.0345 e. The Labute approximate surface area is 234 Å². The van der Waals surface area contributed by atoms with Gasteiger partial charge in [0.1, 0.15) is 0 Å². The van der Waals surface area contributed by atoms with Gasteiger partial charge in [-0.25, -0.2) is 0 Å². The van der Waals surface area contributed by atoms with Crippen LogP contribution in [0.3, 0.4) is 0 Å². The van der Waals surface area contributed by atoms with E-state index in [1.807, 2.05) is 48.5 Å². The SMILES string of the molecule is C1=Cc2ccccc2[N-]c2ccccc21.[Au].c1ccc(N2[CH-]N(c3ccccc3)c3ccccc32)cc1. The van der Waals surface area contributed by atoms with E-state index in [4.69, 9.17) is 0 Å². The van der Waals surface area contributed by atoms with Gasteiger partial charge in [-0.1, -0.05) is 109 Å². The van der Waals surface area contributed by atoms with E-state index in [2.05, 4.69) is 119 Å². The van der Waals surface area contributed by atoms with Crippen molar-refractivity contribution < 1.29 is 22.4 Å². The van der Waals surface area contributed by atoms with Crippen molar-refractivity contribution in [2.24, 2.45) is 0 Å². The molecule has 0 amide bonds. The Kier molecular flexibility index (Phi) is 7.57. The molecule has 2 heterocycles. The van der Waals surface area contributed by atoms with Gasteiger partial charge in [0, 0.05) is 45.1 Å². The maximum atomic E-state index is 4.64. The van der Waals surface area contributed by atoms with Crippen LogP contribution in [0, 0.1) is 6.67 Å². The van der Waals surface area contributed by atoms with E-state index in [1.165, 1.54) is 33.9 Å². The van der Waals surface area contributed by atoms with Crippen molar-refractivity contribution in [2.45, 2.75) is 0 Å². The molecule has 2 aliphatic heterocycles. The Balaban J connectivity index is 0.000000155. The average molecular weight is 661 g/mol. The van der Waals surface area contributed by atoms with Crippen LogP contribution in [0.5, 0.6) is 0 Å². The molecule has 185 valence electrons. The van der Waals surface area contributed by atoms with Crippen molar-refractivity contribution in [3.63, 3.8) is 0 Å². The summed E-state index contributed by atoms with van der Waals surface area (Å²) >= 11 is 0. The van der Waals surface area contributed by atoms with Crippen LogP contribution in [0.4, 0.5) is 34.1 Å². The van der Waals surface area contributed by atoms with E-state index >= 15 is 0 Å². The topological polar surface area (TPSA) is 20.6 Å². The molecule has 0 spiro atoms. The molecule has 0 aliphatic carbocycles. The Morgan fingerprint density at radius 3 is 1.27 bits per heavy atom. The van der Waals surface area contributed by atoms with Gasteiger partial charge < -0.3 is 15.1 Å². The summed E-state index contributed by atoms with van der Waals surface area (Å²) < 4.78 is 0. The Morgan fingerprint density at radius 1 is 0.432 bits per heavy atom. The standard InChI is InChI=1S/C19H15N2.C14H10N.Au/c1-3-9-16(10-4-1)20-15-21(17-11-5-2-6-12-17)19-14-8-7-13-18(19)20;1-3-7-13-11(5-1)9-10-12-6-2-4-8-14(12)15-13;/h1-15H;1-10H;/q2*-1;. The number of benzene rings is 5. The predicted octanol–water partition coefficient (Wildman–Crippen LogP) is 9.60. The number of nitrogens with zero attached hydrogens (tertiary/aromatic N) is 3. The maximum Gasteiger partial charge on any atom is 0.0345 e. The normalized spacial score (nSPS) is 12.5. The number of fused-ring (bicyclic) bond motifs is 3. The number of anilines is 4. The summed E-state index contributed by atoms with van der Waals surface area (Å²) in [5, 5.41) is 4.64. The van der Waals surface area contributed by atoms with Gasteiger partial charge >= 0.3 is 0 Å². The van der Waals surface area contributed by atoms with Gasteiger partial charge in [-0.2, -0.15) is 0 Å². The first-order chi connectivity index (χ1) is 17.9. The van der Waals surface area contributed by atoms with Gasteiger partial charge in [-0.15, -0.1) is 18.0 Å². The van der Waals surface area contributed by atoms with Crippen LogP contribution in [0.2, 0.25) is 0 Å². The van der Waals surface area contributed by atoms with E-state index in [0.29, 0.717) is 0 Å². The predicted molar refractivity (Wildman–Crippen MR) is 152 cm³/mol. The minimum Gasteiger partial charge on any atom is -0.657 e. The molecule has 37 heavy (non-hydrogen) atoms. The zero-order valence-corrected chi connectivity index (χ0v) is 22.2.